The highest BCUT2D eigenvalue weighted by Crippen LogP contribution is 2.40. The predicted molar refractivity (Wildman–Crippen MR) is 98.6 cm³/mol. The van der Waals surface area contributed by atoms with E-state index in [0.29, 0.717) is 22.2 Å². The number of carbonyl (C=O) groups excluding carboxylic acids is 1. The Hall–Kier alpha value is -2.12. The van der Waals surface area contributed by atoms with E-state index in [9.17, 15) is 4.79 Å². The van der Waals surface area contributed by atoms with Gasteiger partial charge in [0.15, 0.2) is 0 Å². The molecular formula is C18H23ClN4O3. The summed E-state index contributed by atoms with van der Waals surface area (Å²) >= 11 is 5.98. The second kappa shape index (κ2) is 7.25. The lowest BCUT2D eigenvalue weighted by atomic mass is 9.79. The first kappa shape index (κ1) is 18.7. The lowest BCUT2D eigenvalue weighted by Crippen LogP contribution is -2.59. The molecule has 0 radical (unpaired) electrons. The van der Waals surface area contributed by atoms with E-state index in [1.807, 2.05) is 11.0 Å². The van der Waals surface area contributed by atoms with Crippen molar-refractivity contribution in [2.75, 3.05) is 26.2 Å². The summed E-state index contributed by atoms with van der Waals surface area (Å²) in [7, 11) is 0. The van der Waals surface area contributed by atoms with E-state index in [1.54, 1.807) is 22.9 Å². The van der Waals surface area contributed by atoms with Crippen LogP contribution in [0.3, 0.4) is 0 Å². The number of likely N-dealkylation sites (tertiary alicyclic amines) is 2. The first-order valence-electron chi connectivity index (χ1n) is 8.63. The monoisotopic (exact) mass is 378 g/mol. The van der Waals surface area contributed by atoms with Gasteiger partial charge >= 0.3 is 0 Å². The van der Waals surface area contributed by atoms with Crippen LogP contribution in [-0.2, 0) is 4.79 Å². The molecule has 2 aliphatic heterocycles. The van der Waals surface area contributed by atoms with Gasteiger partial charge in [-0.2, -0.15) is 0 Å². The van der Waals surface area contributed by atoms with Gasteiger partial charge in [-0.15, -0.1) is 0 Å². The number of aromatic nitrogens is 2. The van der Waals surface area contributed by atoms with E-state index in [1.165, 1.54) is 6.42 Å². The van der Waals surface area contributed by atoms with Gasteiger partial charge in [0.25, 0.3) is 12.4 Å². The zero-order valence-corrected chi connectivity index (χ0v) is 15.7. The minimum atomic E-state index is -0.250. The SMILES string of the molecule is CC(C)N1CCC2(CN(C(=O)c3cn4cc(Cl)ccc4n3)C2)C1.O=CO. The third kappa shape index (κ3) is 3.54. The van der Waals surface area contributed by atoms with E-state index >= 15 is 0 Å². The highest BCUT2D eigenvalue weighted by Gasteiger charge is 2.49. The fraction of sp³-hybridized carbons (Fsp3) is 0.500. The van der Waals surface area contributed by atoms with Crippen LogP contribution in [0.25, 0.3) is 5.65 Å². The lowest BCUT2D eigenvalue weighted by molar-refractivity contribution is -0.122. The Morgan fingerprint density at radius 2 is 2.00 bits per heavy atom. The molecular weight excluding hydrogens is 356 g/mol. The third-order valence-corrected chi connectivity index (χ3v) is 5.40. The van der Waals surface area contributed by atoms with Crippen molar-refractivity contribution in [3.05, 3.63) is 35.2 Å². The summed E-state index contributed by atoms with van der Waals surface area (Å²) in [6.45, 7) is 8.18. The number of halogens is 1. The van der Waals surface area contributed by atoms with Crippen LogP contribution >= 0.6 is 11.6 Å². The van der Waals surface area contributed by atoms with Crippen molar-refractivity contribution in [3.63, 3.8) is 0 Å². The molecule has 4 heterocycles. The molecule has 2 aromatic heterocycles. The number of pyridine rings is 1. The summed E-state index contributed by atoms with van der Waals surface area (Å²) in [6.07, 6.45) is 4.73. The number of fused-ring (bicyclic) bond motifs is 1. The van der Waals surface area contributed by atoms with Crippen molar-refractivity contribution in [1.29, 1.82) is 0 Å². The van der Waals surface area contributed by atoms with Crippen molar-refractivity contribution >= 4 is 29.6 Å². The smallest absolute Gasteiger partial charge is 0.290 e. The zero-order chi connectivity index (χ0) is 18.9. The van der Waals surface area contributed by atoms with Gasteiger partial charge in [-0.3, -0.25) is 9.59 Å². The van der Waals surface area contributed by atoms with E-state index in [0.717, 1.165) is 31.8 Å². The molecule has 0 aliphatic carbocycles. The molecule has 0 atom stereocenters. The molecule has 2 fully saturated rings. The Bertz CT molecular complexity index is 814. The van der Waals surface area contributed by atoms with Crippen molar-refractivity contribution in [3.8, 4) is 0 Å². The van der Waals surface area contributed by atoms with Crippen LogP contribution in [0.15, 0.2) is 24.5 Å². The molecule has 2 aromatic rings. The molecule has 0 bridgehead atoms. The number of nitrogens with zero attached hydrogens (tertiary/aromatic N) is 4. The zero-order valence-electron chi connectivity index (χ0n) is 14.9. The first-order valence-corrected chi connectivity index (χ1v) is 9.01. The van der Waals surface area contributed by atoms with Gasteiger partial charge in [0.1, 0.15) is 11.3 Å². The summed E-state index contributed by atoms with van der Waals surface area (Å²) < 4.78 is 1.81. The van der Waals surface area contributed by atoms with Crippen LogP contribution < -0.4 is 0 Å². The summed E-state index contributed by atoms with van der Waals surface area (Å²) in [5, 5.41) is 7.52. The molecule has 0 unspecified atom stereocenters. The Labute approximate surface area is 157 Å². The number of hydrogen-bond donors (Lipinski definition) is 1. The van der Waals surface area contributed by atoms with E-state index in [-0.39, 0.29) is 12.4 Å². The number of carboxylic acid groups (broad SMARTS) is 1. The van der Waals surface area contributed by atoms with Crippen LogP contribution in [0.1, 0.15) is 30.8 Å². The number of imidazole rings is 1. The van der Waals surface area contributed by atoms with Gasteiger partial charge in [0, 0.05) is 43.5 Å². The second-order valence-electron chi connectivity index (χ2n) is 7.32. The molecule has 140 valence electrons. The maximum atomic E-state index is 12.6. The molecule has 4 rings (SSSR count). The number of rotatable bonds is 2. The van der Waals surface area contributed by atoms with Crippen LogP contribution in [0, 0.1) is 5.41 Å². The average Bonchev–Trinajstić information content (AvgIpc) is 3.17. The molecule has 1 amide bonds. The maximum absolute atomic E-state index is 12.6. The highest BCUT2D eigenvalue weighted by molar-refractivity contribution is 6.30. The minimum Gasteiger partial charge on any atom is -0.483 e. The number of amides is 1. The molecule has 1 spiro atoms. The molecule has 26 heavy (non-hydrogen) atoms. The Morgan fingerprint density at radius 3 is 2.62 bits per heavy atom. The van der Waals surface area contributed by atoms with Crippen LogP contribution in [0.4, 0.5) is 0 Å². The van der Waals surface area contributed by atoms with Gasteiger partial charge in [-0.05, 0) is 38.9 Å². The van der Waals surface area contributed by atoms with Gasteiger partial charge in [0.2, 0.25) is 0 Å². The van der Waals surface area contributed by atoms with Crippen LogP contribution in [0.2, 0.25) is 5.02 Å². The fourth-order valence-electron chi connectivity index (χ4n) is 3.81. The van der Waals surface area contributed by atoms with Crippen molar-refractivity contribution in [1.82, 2.24) is 19.2 Å². The molecule has 7 nitrogen and oxygen atoms in total. The Morgan fingerprint density at radius 1 is 1.31 bits per heavy atom. The molecule has 8 heteroatoms. The average molecular weight is 379 g/mol. The van der Waals surface area contributed by atoms with Crippen LogP contribution in [-0.4, -0.2) is 68.9 Å². The summed E-state index contributed by atoms with van der Waals surface area (Å²) in [6, 6.07) is 4.20. The molecule has 1 N–H and O–H groups in total. The van der Waals surface area contributed by atoms with Crippen molar-refractivity contribution < 1.29 is 14.7 Å². The first-order chi connectivity index (χ1) is 12.4. The quantitative estimate of drug-likeness (QED) is 0.811. The molecule has 2 aliphatic rings. The summed E-state index contributed by atoms with van der Waals surface area (Å²) in [5.41, 5.74) is 1.56. The van der Waals surface area contributed by atoms with Gasteiger partial charge < -0.3 is 19.3 Å². The van der Waals surface area contributed by atoms with Gasteiger partial charge in [-0.25, -0.2) is 4.98 Å². The highest BCUT2D eigenvalue weighted by atomic mass is 35.5. The Kier molecular flexibility index (Phi) is 5.20. The largest absolute Gasteiger partial charge is 0.483 e. The normalized spacial score (nSPS) is 18.7. The van der Waals surface area contributed by atoms with Crippen molar-refractivity contribution in [2.24, 2.45) is 5.41 Å². The topological polar surface area (TPSA) is 78.2 Å². The van der Waals surface area contributed by atoms with Crippen molar-refractivity contribution in [2.45, 2.75) is 26.3 Å². The minimum absolute atomic E-state index is 0.0263. The van der Waals surface area contributed by atoms with E-state index < -0.39 is 0 Å². The standard InChI is InChI=1S/C17H21ClN4O.CH2O2/c1-12(2)20-6-5-17(9-20)10-22(11-17)16(23)14-8-21-7-13(18)3-4-15(21)19-14;2-1-3/h3-4,7-8,12H,5-6,9-11H2,1-2H3;1H,(H,2,3). The molecule has 0 saturated carbocycles. The van der Waals surface area contributed by atoms with Gasteiger partial charge in [0.05, 0.1) is 5.02 Å². The maximum Gasteiger partial charge on any atom is 0.290 e. The van der Waals surface area contributed by atoms with E-state index in [4.69, 9.17) is 21.5 Å². The summed E-state index contributed by atoms with van der Waals surface area (Å²) in [4.78, 5) is 29.9. The summed E-state index contributed by atoms with van der Waals surface area (Å²) in [5.74, 6) is 0.0263. The van der Waals surface area contributed by atoms with Crippen LogP contribution in [0.5, 0.6) is 0 Å². The third-order valence-electron chi connectivity index (χ3n) is 5.17. The second-order valence-corrected chi connectivity index (χ2v) is 7.76. The lowest BCUT2D eigenvalue weighted by Gasteiger charge is -2.48. The van der Waals surface area contributed by atoms with Gasteiger partial charge in [-0.1, -0.05) is 11.6 Å². The van der Waals surface area contributed by atoms with E-state index in [2.05, 4.69) is 23.7 Å². The predicted octanol–water partition coefficient (Wildman–Crippen LogP) is 2.24. The fourth-order valence-corrected chi connectivity index (χ4v) is 3.97. The number of carbonyl (C=O) groups is 2. The number of hydrogen-bond acceptors (Lipinski definition) is 4. The molecule has 0 aromatic carbocycles. The molecule has 2 saturated heterocycles. The Balaban J connectivity index is 0.000000613.